The second-order valence-electron chi connectivity index (χ2n) is 3.38. The lowest BCUT2D eigenvalue weighted by atomic mass is 10.2. The molecule has 1 nitrogen and oxygen atoms in total. The molecule has 0 fully saturated rings. The number of allylic oxidation sites excluding steroid dienone is 2. The van der Waals surface area contributed by atoms with Gasteiger partial charge < -0.3 is 0 Å². The van der Waals surface area contributed by atoms with Gasteiger partial charge in [0, 0.05) is 0 Å². The standard InChI is InChI=1S/C14H16OS/c1-3-16-14(15)11-12(2)9-10-13-7-5-4-6-8-13/h4-11H,3H2,1-2H3/b10-9+,12-11+. The topological polar surface area (TPSA) is 17.1 Å². The van der Waals surface area contributed by atoms with Crippen molar-refractivity contribution in [3.05, 3.63) is 53.6 Å². The van der Waals surface area contributed by atoms with Gasteiger partial charge in [-0.05, 0) is 29.9 Å². The predicted octanol–water partition coefficient (Wildman–Crippen LogP) is 3.93. The van der Waals surface area contributed by atoms with Gasteiger partial charge in [0.1, 0.15) is 0 Å². The zero-order valence-electron chi connectivity index (χ0n) is 9.64. The van der Waals surface area contributed by atoms with Crippen LogP contribution in [0.15, 0.2) is 48.1 Å². The normalized spacial score (nSPS) is 12.0. The summed E-state index contributed by atoms with van der Waals surface area (Å²) in [6, 6.07) is 10.0. The maximum Gasteiger partial charge on any atom is 0.212 e. The Morgan fingerprint density at radius 1 is 1.31 bits per heavy atom. The molecule has 0 spiro atoms. The maximum atomic E-state index is 11.3. The molecule has 0 unspecified atom stereocenters. The lowest BCUT2D eigenvalue weighted by molar-refractivity contribution is -0.107. The van der Waals surface area contributed by atoms with Crippen molar-refractivity contribution in [2.24, 2.45) is 0 Å². The van der Waals surface area contributed by atoms with E-state index in [0.717, 1.165) is 16.9 Å². The van der Waals surface area contributed by atoms with E-state index in [9.17, 15) is 4.79 Å². The van der Waals surface area contributed by atoms with Crippen LogP contribution in [0.25, 0.3) is 6.08 Å². The number of benzene rings is 1. The maximum absolute atomic E-state index is 11.3. The predicted molar refractivity (Wildman–Crippen MR) is 72.4 cm³/mol. The minimum Gasteiger partial charge on any atom is -0.282 e. The lowest BCUT2D eigenvalue weighted by Crippen LogP contribution is -1.86. The van der Waals surface area contributed by atoms with E-state index in [2.05, 4.69) is 0 Å². The Morgan fingerprint density at radius 2 is 2.00 bits per heavy atom. The highest BCUT2D eigenvalue weighted by molar-refractivity contribution is 8.14. The van der Waals surface area contributed by atoms with Crippen molar-refractivity contribution in [3.63, 3.8) is 0 Å². The Bertz CT molecular complexity index is 390. The fourth-order valence-electron chi connectivity index (χ4n) is 1.21. The monoisotopic (exact) mass is 232 g/mol. The molecule has 0 saturated carbocycles. The van der Waals surface area contributed by atoms with Gasteiger partial charge in [0.05, 0.1) is 0 Å². The highest BCUT2D eigenvalue weighted by atomic mass is 32.2. The smallest absolute Gasteiger partial charge is 0.212 e. The van der Waals surface area contributed by atoms with E-state index in [1.165, 1.54) is 11.8 Å². The molecule has 0 aliphatic carbocycles. The molecule has 1 aromatic carbocycles. The summed E-state index contributed by atoms with van der Waals surface area (Å²) in [7, 11) is 0. The van der Waals surface area contributed by atoms with Gasteiger partial charge in [-0.15, -0.1) is 0 Å². The van der Waals surface area contributed by atoms with Crippen LogP contribution in [0, 0.1) is 0 Å². The van der Waals surface area contributed by atoms with E-state index in [4.69, 9.17) is 0 Å². The van der Waals surface area contributed by atoms with Crippen LogP contribution in [0.1, 0.15) is 19.4 Å². The fraction of sp³-hybridized carbons (Fsp3) is 0.214. The summed E-state index contributed by atoms with van der Waals surface area (Å²) in [5.41, 5.74) is 2.13. The molecule has 0 aliphatic heterocycles. The summed E-state index contributed by atoms with van der Waals surface area (Å²) in [5.74, 6) is 0.824. The second kappa shape index (κ2) is 7.07. The third-order valence-electron chi connectivity index (χ3n) is 1.97. The summed E-state index contributed by atoms with van der Waals surface area (Å²) >= 11 is 1.33. The Hall–Kier alpha value is -1.28. The molecular formula is C14H16OS. The summed E-state index contributed by atoms with van der Waals surface area (Å²) in [4.78, 5) is 11.3. The quantitative estimate of drug-likeness (QED) is 0.578. The molecule has 0 amide bonds. The summed E-state index contributed by atoms with van der Waals surface area (Å²) in [5, 5.41) is 0.123. The number of rotatable bonds is 4. The van der Waals surface area contributed by atoms with E-state index in [1.54, 1.807) is 6.08 Å². The Labute approximate surface area is 101 Å². The minimum absolute atomic E-state index is 0.123. The summed E-state index contributed by atoms with van der Waals surface area (Å²) in [6.07, 6.45) is 5.65. The van der Waals surface area contributed by atoms with Crippen LogP contribution in [0.2, 0.25) is 0 Å². The van der Waals surface area contributed by atoms with Crippen LogP contribution >= 0.6 is 11.8 Å². The second-order valence-corrected chi connectivity index (χ2v) is 4.65. The molecule has 2 heteroatoms. The van der Waals surface area contributed by atoms with Crippen LogP contribution in [-0.2, 0) is 4.79 Å². The molecule has 0 N–H and O–H groups in total. The van der Waals surface area contributed by atoms with Gasteiger partial charge in [-0.3, -0.25) is 4.79 Å². The highest BCUT2D eigenvalue weighted by Gasteiger charge is 1.95. The fourth-order valence-corrected chi connectivity index (χ4v) is 1.76. The Kier molecular flexibility index (Phi) is 5.65. The van der Waals surface area contributed by atoms with E-state index >= 15 is 0 Å². The van der Waals surface area contributed by atoms with Gasteiger partial charge in [-0.25, -0.2) is 0 Å². The van der Waals surface area contributed by atoms with Crippen molar-refractivity contribution in [1.29, 1.82) is 0 Å². The molecule has 0 aromatic heterocycles. The van der Waals surface area contributed by atoms with Crippen molar-refractivity contribution in [1.82, 2.24) is 0 Å². The summed E-state index contributed by atoms with van der Waals surface area (Å²) < 4.78 is 0. The Morgan fingerprint density at radius 3 is 2.62 bits per heavy atom. The number of hydrogen-bond acceptors (Lipinski definition) is 2. The largest absolute Gasteiger partial charge is 0.282 e. The highest BCUT2D eigenvalue weighted by Crippen LogP contribution is 2.08. The third kappa shape index (κ3) is 4.99. The van der Waals surface area contributed by atoms with E-state index in [1.807, 2.05) is 56.3 Å². The van der Waals surface area contributed by atoms with Crippen LogP contribution in [0.3, 0.4) is 0 Å². The molecule has 0 radical (unpaired) electrons. The SMILES string of the molecule is CCSC(=O)/C=C(C)/C=C/c1ccccc1. The van der Waals surface area contributed by atoms with Gasteiger partial charge in [0.15, 0.2) is 0 Å². The van der Waals surface area contributed by atoms with Gasteiger partial charge in [-0.1, -0.05) is 61.2 Å². The molecule has 0 aliphatic rings. The molecule has 0 atom stereocenters. The first-order valence-corrected chi connectivity index (χ1v) is 6.29. The number of hydrogen-bond donors (Lipinski definition) is 0. The van der Waals surface area contributed by atoms with Crippen LogP contribution in [-0.4, -0.2) is 10.9 Å². The van der Waals surface area contributed by atoms with Crippen molar-refractivity contribution >= 4 is 23.0 Å². The zero-order chi connectivity index (χ0) is 11.8. The molecule has 16 heavy (non-hydrogen) atoms. The first-order chi connectivity index (χ1) is 7.72. The van der Waals surface area contributed by atoms with E-state index in [-0.39, 0.29) is 5.12 Å². The van der Waals surface area contributed by atoms with Crippen LogP contribution < -0.4 is 0 Å². The van der Waals surface area contributed by atoms with Crippen molar-refractivity contribution in [3.8, 4) is 0 Å². The average molecular weight is 232 g/mol. The van der Waals surface area contributed by atoms with E-state index in [0.29, 0.717) is 0 Å². The van der Waals surface area contributed by atoms with Crippen molar-refractivity contribution in [2.45, 2.75) is 13.8 Å². The molecule has 0 heterocycles. The number of carbonyl (C=O) groups excluding carboxylic acids is 1. The number of carbonyl (C=O) groups is 1. The zero-order valence-corrected chi connectivity index (χ0v) is 10.5. The van der Waals surface area contributed by atoms with Gasteiger partial charge in [-0.2, -0.15) is 0 Å². The van der Waals surface area contributed by atoms with Crippen molar-refractivity contribution in [2.75, 3.05) is 5.75 Å². The van der Waals surface area contributed by atoms with Crippen LogP contribution in [0.5, 0.6) is 0 Å². The first-order valence-electron chi connectivity index (χ1n) is 5.30. The molecule has 1 aromatic rings. The van der Waals surface area contributed by atoms with Crippen LogP contribution in [0.4, 0.5) is 0 Å². The molecule has 0 bridgehead atoms. The molecular weight excluding hydrogens is 216 g/mol. The Balaban J connectivity index is 2.60. The first kappa shape index (κ1) is 12.8. The van der Waals surface area contributed by atoms with Crippen molar-refractivity contribution < 1.29 is 4.79 Å². The van der Waals surface area contributed by atoms with E-state index < -0.39 is 0 Å². The lowest BCUT2D eigenvalue weighted by Gasteiger charge is -1.94. The van der Waals surface area contributed by atoms with Gasteiger partial charge in [0.2, 0.25) is 5.12 Å². The summed E-state index contributed by atoms with van der Waals surface area (Å²) in [6.45, 7) is 3.92. The van der Waals surface area contributed by atoms with Gasteiger partial charge >= 0.3 is 0 Å². The molecule has 84 valence electrons. The number of thioether (sulfide) groups is 1. The molecule has 1 rings (SSSR count). The average Bonchev–Trinajstić information content (AvgIpc) is 2.28. The minimum atomic E-state index is 0.123. The molecule has 0 saturated heterocycles. The van der Waals surface area contributed by atoms with Gasteiger partial charge in [0.25, 0.3) is 0 Å². The third-order valence-corrected chi connectivity index (χ3v) is 2.66.